The van der Waals surface area contributed by atoms with Gasteiger partial charge >= 0.3 is 0 Å². The van der Waals surface area contributed by atoms with Crippen molar-refractivity contribution in [2.45, 2.75) is 96.6 Å². The Kier molecular flexibility index (Phi) is 8.01. The Balaban J connectivity index is 2.06. The lowest BCUT2D eigenvalue weighted by Gasteiger charge is -2.40. The number of nitrogens with zero attached hydrogens (tertiary/aromatic N) is 1. The van der Waals surface area contributed by atoms with E-state index in [0.717, 1.165) is 32.4 Å². The number of unbranched alkanes of at least 4 members (excludes halogenated alkanes) is 6. The van der Waals surface area contributed by atoms with Crippen molar-refractivity contribution in [2.24, 2.45) is 0 Å². The van der Waals surface area contributed by atoms with E-state index < -0.39 is 0 Å². The number of piperidine rings is 1. The van der Waals surface area contributed by atoms with Gasteiger partial charge in [0.2, 0.25) is 0 Å². The molecular weight excluding hydrogens is 234 g/mol. The van der Waals surface area contributed by atoms with Crippen molar-refractivity contribution in [3.05, 3.63) is 0 Å². The van der Waals surface area contributed by atoms with Crippen LogP contribution in [0.15, 0.2) is 0 Å². The van der Waals surface area contributed by atoms with E-state index >= 15 is 0 Å². The third-order valence-electron chi connectivity index (χ3n) is 4.70. The second kappa shape index (κ2) is 8.97. The van der Waals surface area contributed by atoms with Crippen LogP contribution in [0.4, 0.5) is 0 Å². The molecule has 0 aromatic heterocycles. The summed E-state index contributed by atoms with van der Waals surface area (Å²) < 4.78 is 0. The van der Waals surface area contributed by atoms with Gasteiger partial charge in [0.25, 0.3) is 0 Å². The zero-order valence-corrected chi connectivity index (χ0v) is 13.5. The molecule has 2 heteroatoms. The molecule has 0 saturated carbocycles. The highest BCUT2D eigenvalue weighted by atomic mass is 16.3. The Hall–Kier alpha value is -0.0800. The van der Waals surface area contributed by atoms with Crippen molar-refractivity contribution in [3.8, 4) is 0 Å². The highest BCUT2D eigenvalue weighted by molar-refractivity contribution is 4.86. The summed E-state index contributed by atoms with van der Waals surface area (Å²) in [6.07, 6.45) is 12.3. The molecule has 114 valence electrons. The number of rotatable bonds is 9. The molecular formula is C17H35NO. The first-order chi connectivity index (χ1) is 9.07. The van der Waals surface area contributed by atoms with Crippen molar-refractivity contribution in [3.63, 3.8) is 0 Å². The molecule has 19 heavy (non-hydrogen) atoms. The third-order valence-corrected chi connectivity index (χ3v) is 4.70. The standard InChI is InChI=1S/C17H35NO/c1-4-5-6-7-8-9-10-11-17(19)12-14-18(15-13-17)16(2)3/h16,19H,4-15H2,1-3H3. The molecule has 0 aliphatic carbocycles. The number of hydrogen-bond acceptors (Lipinski definition) is 2. The molecule has 1 aliphatic rings. The van der Waals surface area contributed by atoms with Crippen LogP contribution in [0.3, 0.4) is 0 Å². The largest absolute Gasteiger partial charge is 0.390 e. The summed E-state index contributed by atoms with van der Waals surface area (Å²) in [5.41, 5.74) is -0.352. The minimum absolute atomic E-state index is 0.352. The van der Waals surface area contributed by atoms with Crippen molar-refractivity contribution >= 4 is 0 Å². The first kappa shape index (κ1) is 17.0. The van der Waals surface area contributed by atoms with Gasteiger partial charge in [0.1, 0.15) is 0 Å². The molecule has 1 saturated heterocycles. The molecule has 1 heterocycles. The molecule has 1 N–H and O–H groups in total. The van der Waals surface area contributed by atoms with E-state index in [-0.39, 0.29) is 5.60 Å². The number of aliphatic hydroxyl groups is 1. The van der Waals surface area contributed by atoms with Crippen molar-refractivity contribution in [1.29, 1.82) is 0 Å². The maximum atomic E-state index is 10.6. The van der Waals surface area contributed by atoms with Crippen LogP contribution in [0, 0.1) is 0 Å². The van der Waals surface area contributed by atoms with E-state index in [0.29, 0.717) is 6.04 Å². The highest BCUT2D eigenvalue weighted by Crippen LogP contribution is 2.28. The maximum Gasteiger partial charge on any atom is 0.0672 e. The average molecular weight is 269 g/mol. The van der Waals surface area contributed by atoms with Gasteiger partial charge in [0.05, 0.1) is 5.60 Å². The molecule has 0 unspecified atom stereocenters. The maximum absolute atomic E-state index is 10.6. The summed E-state index contributed by atoms with van der Waals surface area (Å²) in [6, 6.07) is 0.628. The Morgan fingerprint density at radius 3 is 2.00 bits per heavy atom. The van der Waals surface area contributed by atoms with Crippen molar-refractivity contribution < 1.29 is 5.11 Å². The topological polar surface area (TPSA) is 23.5 Å². The number of likely N-dealkylation sites (tertiary alicyclic amines) is 1. The number of hydrogen-bond donors (Lipinski definition) is 1. The summed E-state index contributed by atoms with van der Waals surface area (Å²) in [5.74, 6) is 0. The minimum Gasteiger partial charge on any atom is -0.390 e. The lowest BCUT2D eigenvalue weighted by atomic mass is 9.86. The van der Waals surface area contributed by atoms with Gasteiger partial charge in [-0.25, -0.2) is 0 Å². The molecule has 1 aliphatic heterocycles. The SMILES string of the molecule is CCCCCCCCCC1(O)CCN(C(C)C)CC1. The van der Waals surface area contributed by atoms with Crippen LogP contribution in [0.25, 0.3) is 0 Å². The summed E-state index contributed by atoms with van der Waals surface area (Å²) in [6.45, 7) is 8.91. The fraction of sp³-hybridized carbons (Fsp3) is 1.00. The van der Waals surface area contributed by atoms with E-state index in [2.05, 4.69) is 25.7 Å². The van der Waals surface area contributed by atoms with Crippen LogP contribution in [0.2, 0.25) is 0 Å². The van der Waals surface area contributed by atoms with E-state index in [1.54, 1.807) is 0 Å². The highest BCUT2D eigenvalue weighted by Gasteiger charge is 2.32. The van der Waals surface area contributed by atoms with Gasteiger partial charge < -0.3 is 10.0 Å². The lowest BCUT2D eigenvalue weighted by molar-refractivity contribution is -0.0353. The fourth-order valence-electron chi connectivity index (χ4n) is 3.12. The molecule has 0 radical (unpaired) electrons. The van der Waals surface area contributed by atoms with Gasteiger partial charge in [-0.3, -0.25) is 0 Å². The average Bonchev–Trinajstić information content (AvgIpc) is 2.38. The summed E-state index contributed by atoms with van der Waals surface area (Å²) in [5, 5.41) is 10.6. The van der Waals surface area contributed by atoms with Gasteiger partial charge in [-0.1, -0.05) is 51.9 Å². The molecule has 0 atom stereocenters. The second-order valence-electron chi connectivity index (χ2n) is 6.73. The lowest BCUT2D eigenvalue weighted by Crippen LogP contribution is -2.46. The van der Waals surface area contributed by atoms with E-state index in [4.69, 9.17) is 0 Å². The molecule has 0 aromatic carbocycles. The zero-order chi connectivity index (χ0) is 14.1. The van der Waals surface area contributed by atoms with Crippen LogP contribution in [0.5, 0.6) is 0 Å². The summed E-state index contributed by atoms with van der Waals surface area (Å²) in [4.78, 5) is 2.49. The Morgan fingerprint density at radius 1 is 0.947 bits per heavy atom. The van der Waals surface area contributed by atoms with Crippen LogP contribution in [0.1, 0.15) is 85.0 Å². The van der Waals surface area contributed by atoms with Crippen LogP contribution in [-0.4, -0.2) is 34.7 Å². The Labute approximate surface area is 120 Å². The molecule has 0 amide bonds. The molecule has 0 spiro atoms. The predicted molar refractivity (Wildman–Crippen MR) is 83.5 cm³/mol. The van der Waals surface area contributed by atoms with Gasteiger partial charge in [-0.05, 0) is 33.1 Å². The molecule has 1 rings (SSSR count). The Morgan fingerprint density at radius 2 is 1.47 bits per heavy atom. The first-order valence-electron chi connectivity index (χ1n) is 8.54. The Bertz CT molecular complexity index is 219. The van der Waals surface area contributed by atoms with Gasteiger partial charge in [-0.2, -0.15) is 0 Å². The van der Waals surface area contributed by atoms with E-state index in [1.807, 2.05) is 0 Å². The van der Waals surface area contributed by atoms with Crippen LogP contribution in [-0.2, 0) is 0 Å². The van der Waals surface area contributed by atoms with E-state index in [1.165, 1.54) is 44.9 Å². The monoisotopic (exact) mass is 269 g/mol. The predicted octanol–water partition coefficient (Wildman–Crippen LogP) is 4.36. The van der Waals surface area contributed by atoms with Crippen molar-refractivity contribution in [1.82, 2.24) is 4.90 Å². The third kappa shape index (κ3) is 6.76. The molecule has 0 aromatic rings. The van der Waals surface area contributed by atoms with Crippen molar-refractivity contribution in [2.75, 3.05) is 13.1 Å². The van der Waals surface area contributed by atoms with Crippen LogP contribution >= 0.6 is 0 Å². The van der Waals surface area contributed by atoms with Gasteiger partial charge in [0.15, 0.2) is 0 Å². The van der Waals surface area contributed by atoms with Gasteiger partial charge in [-0.15, -0.1) is 0 Å². The summed E-state index contributed by atoms with van der Waals surface area (Å²) in [7, 11) is 0. The zero-order valence-electron chi connectivity index (χ0n) is 13.5. The van der Waals surface area contributed by atoms with Crippen LogP contribution < -0.4 is 0 Å². The van der Waals surface area contributed by atoms with E-state index in [9.17, 15) is 5.11 Å². The molecule has 2 nitrogen and oxygen atoms in total. The quantitative estimate of drug-likeness (QED) is 0.629. The molecule has 0 bridgehead atoms. The fourth-order valence-corrected chi connectivity index (χ4v) is 3.12. The smallest absolute Gasteiger partial charge is 0.0672 e. The minimum atomic E-state index is -0.352. The second-order valence-corrected chi connectivity index (χ2v) is 6.73. The normalized spacial score (nSPS) is 20.1. The first-order valence-corrected chi connectivity index (χ1v) is 8.54. The summed E-state index contributed by atoms with van der Waals surface area (Å²) >= 11 is 0. The van der Waals surface area contributed by atoms with Gasteiger partial charge in [0, 0.05) is 19.1 Å². The molecule has 1 fully saturated rings.